The second-order valence-electron chi connectivity index (χ2n) is 9.32. The highest BCUT2D eigenvalue weighted by molar-refractivity contribution is 5.53. The van der Waals surface area contributed by atoms with Gasteiger partial charge in [-0.25, -0.2) is 4.98 Å². The fourth-order valence-electron chi connectivity index (χ4n) is 5.10. The van der Waals surface area contributed by atoms with Crippen molar-refractivity contribution in [3.8, 4) is 17.1 Å². The minimum absolute atomic E-state index is 0.0724. The van der Waals surface area contributed by atoms with Crippen LogP contribution >= 0.6 is 0 Å². The van der Waals surface area contributed by atoms with Gasteiger partial charge in [0.15, 0.2) is 0 Å². The van der Waals surface area contributed by atoms with Crippen LogP contribution in [-0.4, -0.2) is 64.7 Å². The van der Waals surface area contributed by atoms with Crippen molar-refractivity contribution in [3.05, 3.63) is 70.4 Å². The number of rotatable bonds is 7. The molecule has 7 nitrogen and oxygen atoms in total. The van der Waals surface area contributed by atoms with E-state index in [1.54, 1.807) is 12.4 Å². The summed E-state index contributed by atoms with van der Waals surface area (Å²) in [6.45, 7) is 5.27. The maximum atomic E-state index is 13.2. The Bertz CT molecular complexity index is 1120. The standard InChI is InChI=1S/C25H31N5O2/c1-28(2)10-11-32-21-5-3-4-18(13-21)14-29-15-19-12-20(17-29)23-7-6-22(24-26-8-9-27-24)25(31)30(23)16-19/h3-9,13,19-20H,10-12,14-17H2,1-2H3,(H,26,27)/t19-,20+/m0/s1. The lowest BCUT2D eigenvalue weighted by molar-refractivity contribution is 0.114. The lowest BCUT2D eigenvalue weighted by atomic mass is 9.82. The maximum Gasteiger partial charge on any atom is 0.261 e. The monoisotopic (exact) mass is 433 g/mol. The molecule has 0 spiro atoms. The van der Waals surface area contributed by atoms with Crippen molar-refractivity contribution in [2.75, 3.05) is 40.3 Å². The smallest absolute Gasteiger partial charge is 0.261 e. The third-order valence-corrected chi connectivity index (χ3v) is 6.55. The molecule has 5 rings (SSSR count). The summed E-state index contributed by atoms with van der Waals surface area (Å²) in [5.74, 6) is 2.46. The zero-order chi connectivity index (χ0) is 22.1. The van der Waals surface area contributed by atoms with E-state index in [2.05, 4.69) is 58.1 Å². The molecule has 7 heteroatoms. The highest BCUT2D eigenvalue weighted by atomic mass is 16.5. The Balaban J connectivity index is 1.29. The molecule has 0 amide bonds. The average Bonchev–Trinajstić information content (AvgIpc) is 3.29. The normalized spacial score (nSPS) is 20.3. The molecule has 0 radical (unpaired) electrons. The third-order valence-electron chi connectivity index (χ3n) is 6.55. The van der Waals surface area contributed by atoms with Crippen LogP contribution in [0, 0.1) is 5.92 Å². The first-order valence-corrected chi connectivity index (χ1v) is 11.4. The van der Waals surface area contributed by atoms with Crippen molar-refractivity contribution in [1.82, 2.24) is 24.3 Å². The Morgan fingerprint density at radius 1 is 1.19 bits per heavy atom. The summed E-state index contributed by atoms with van der Waals surface area (Å²) in [6, 6.07) is 12.5. The summed E-state index contributed by atoms with van der Waals surface area (Å²) in [6.07, 6.45) is 4.60. The number of pyridine rings is 1. The van der Waals surface area contributed by atoms with Crippen molar-refractivity contribution in [2.24, 2.45) is 5.92 Å². The Morgan fingerprint density at radius 2 is 2.09 bits per heavy atom. The number of aromatic nitrogens is 3. The fraction of sp³-hybridized carbons (Fsp3) is 0.440. The second-order valence-corrected chi connectivity index (χ2v) is 9.32. The van der Waals surface area contributed by atoms with E-state index >= 15 is 0 Å². The van der Waals surface area contributed by atoms with E-state index in [4.69, 9.17) is 4.74 Å². The molecule has 1 fully saturated rings. The quantitative estimate of drug-likeness (QED) is 0.621. The summed E-state index contributed by atoms with van der Waals surface area (Å²) in [7, 11) is 4.11. The number of likely N-dealkylation sites (N-methyl/N-ethyl adjacent to an activating group) is 1. The van der Waals surface area contributed by atoms with Crippen LogP contribution < -0.4 is 10.3 Å². The summed E-state index contributed by atoms with van der Waals surface area (Å²) >= 11 is 0. The number of nitrogens with one attached hydrogen (secondary N) is 1. The lowest BCUT2D eigenvalue weighted by Gasteiger charge is -2.43. The molecule has 2 aliphatic heterocycles. The van der Waals surface area contributed by atoms with Crippen molar-refractivity contribution < 1.29 is 4.74 Å². The second kappa shape index (κ2) is 8.92. The predicted octanol–water partition coefficient (Wildman–Crippen LogP) is 2.80. The van der Waals surface area contributed by atoms with Crippen LogP contribution in [0.15, 0.2) is 53.6 Å². The maximum absolute atomic E-state index is 13.2. The van der Waals surface area contributed by atoms with Crippen LogP contribution in [0.4, 0.5) is 0 Å². The molecule has 1 aromatic carbocycles. The largest absolute Gasteiger partial charge is 0.492 e. The SMILES string of the molecule is CN(C)CCOc1cccc(CN2C[C@@H]3C[C@H](C2)c2ccc(-c4ncc[nH]4)c(=O)n2C3)c1. The van der Waals surface area contributed by atoms with Gasteiger partial charge in [0.1, 0.15) is 18.2 Å². The van der Waals surface area contributed by atoms with E-state index in [0.717, 1.165) is 50.6 Å². The Kier molecular flexibility index (Phi) is 5.85. The molecule has 2 bridgehead atoms. The minimum Gasteiger partial charge on any atom is -0.492 e. The summed E-state index contributed by atoms with van der Waals surface area (Å²) in [4.78, 5) is 25.1. The van der Waals surface area contributed by atoms with Gasteiger partial charge >= 0.3 is 0 Å². The Hall–Kier alpha value is -2.90. The van der Waals surface area contributed by atoms with Crippen LogP contribution in [0.5, 0.6) is 5.75 Å². The van der Waals surface area contributed by atoms with Crippen molar-refractivity contribution in [3.63, 3.8) is 0 Å². The van der Waals surface area contributed by atoms with Crippen LogP contribution in [0.3, 0.4) is 0 Å². The molecule has 168 valence electrons. The molecule has 2 aliphatic rings. The molecule has 32 heavy (non-hydrogen) atoms. The molecule has 0 aliphatic carbocycles. The van der Waals surface area contributed by atoms with Gasteiger partial charge in [0.2, 0.25) is 0 Å². The number of likely N-dealkylation sites (tertiary alicyclic amines) is 1. The number of nitrogens with zero attached hydrogens (tertiary/aromatic N) is 4. The number of hydrogen-bond acceptors (Lipinski definition) is 5. The number of hydrogen-bond donors (Lipinski definition) is 1. The zero-order valence-corrected chi connectivity index (χ0v) is 18.8. The molecule has 0 unspecified atom stereocenters. The molecule has 2 aromatic heterocycles. The van der Waals surface area contributed by atoms with Gasteiger partial charge in [0.25, 0.3) is 5.56 Å². The van der Waals surface area contributed by atoms with Crippen LogP contribution in [0.1, 0.15) is 23.6 Å². The van der Waals surface area contributed by atoms with E-state index in [1.165, 1.54) is 5.56 Å². The Labute approximate surface area is 188 Å². The highest BCUT2D eigenvalue weighted by Crippen LogP contribution is 2.36. The molecule has 4 heterocycles. The van der Waals surface area contributed by atoms with E-state index in [1.807, 2.05) is 16.7 Å². The van der Waals surface area contributed by atoms with Gasteiger partial charge in [-0.3, -0.25) is 9.69 Å². The van der Waals surface area contributed by atoms with Crippen molar-refractivity contribution in [2.45, 2.75) is 25.4 Å². The summed E-state index contributed by atoms with van der Waals surface area (Å²) < 4.78 is 7.91. The van der Waals surface area contributed by atoms with Gasteiger partial charge in [0.05, 0.1) is 5.56 Å². The van der Waals surface area contributed by atoms with Gasteiger partial charge in [-0.15, -0.1) is 0 Å². The van der Waals surface area contributed by atoms with Gasteiger partial charge in [-0.1, -0.05) is 12.1 Å². The summed E-state index contributed by atoms with van der Waals surface area (Å²) in [5.41, 5.74) is 3.16. The lowest BCUT2D eigenvalue weighted by Crippen LogP contribution is -2.46. The van der Waals surface area contributed by atoms with Crippen molar-refractivity contribution >= 4 is 0 Å². The first-order chi connectivity index (χ1) is 15.6. The topological polar surface area (TPSA) is 66.4 Å². The van der Waals surface area contributed by atoms with Gasteiger partial charge in [0, 0.05) is 56.7 Å². The number of fused-ring (bicyclic) bond motifs is 4. The highest BCUT2D eigenvalue weighted by Gasteiger charge is 2.35. The minimum atomic E-state index is 0.0724. The number of imidazole rings is 1. The van der Waals surface area contributed by atoms with E-state index in [0.29, 0.717) is 29.8 Å². The Morgan fingerprint density at radius 3 is 2.91 bits per heavy atom. The van der Waals surface area contributed by atoms with E-state index in [-0.39, 0.29) is 5.56 Å². The predicted molar refractivity (Wildman–Crippen MR) is 125 cm³/mol. The first kappa shape index (κ1) is 21.0. The fourth-order valence-corrected chi connectivity index (χ4v) is 5.10. The molecular formula is C25H31N5O2. The number of benzene rings is 1. The molecule has 2 atom stereocenters. The first-order valence-electron chi connectivity index (χ1n) is 11.4. The summed E-state index contributed by atoms with van der Waals surface area (Å²) in [5, 5.41) is 0. The molecule has 0 saturated carbocycles. The average molecular weight is 434 g/mol. The molecular weight excluding hydrogens is 402 g/mol. The molecule has 3 aromatic rings. The molecule has 1 saturated heterocycles. The van der Waals surface area contributed by atoms with Crippen LogP contribution in [0.25, 0.3) is 11.4 Å². The van der Waals surface area contributed by atoms with E-state index < -0.39 is 0 Å². The zero-order valence-electron chi connectivity index (χ0n) is 18.8. The van der Waals surface area contributed by atoms with Crippen LogP contribution in [0.2, 0.25) is 0 Å². The number of aromatic amines is 1. The van der Waals surface area contributed by atoms with Gasteiger partial charge in [-0.05, 0) is 56.3 Å². The van der Waals surface area contributed by atoms with Gasteiger partial charge < -0.3 is 19.2 Å². The van der Waals surface area contributed by atoms with E-state index in [9.17, 15) is 4.79 Å². The van der Waals surface area contributed by atoms with Gasteiger partial charge in [-0.2, -0.15) is 0 Å². The number of piperidine rings is 1. The van der Waals surface area contributed by atoms with Crippen LogP contribution in [-0.2, 0) is 13.1 Å². The third kappa shape index (κ3) is 4.36. The number of ether oxygens (including phenoxy) is 1. The molecule has 1 N–H and O–H groups in total. The number of H-pyrrole nitrogens is 1. The van der Waals surface area contributed by atoms with Crippen molar-refractivity contribution in [1.29, 1.82) is 0 Å².